The van der Waals surface area contributed by atoms with Gasteiger partial charge in [0, 0.05) is 25.2 Å². The maximum atomic E-state index is 10.8. The summed E-state index contributed by atoms with van der Waals surface area (Å²) in [4.78, 5) is 13.2. The van der Waals surface area contributed by atoms with Crippen molar-refractivity contribution in [2.75, 3.05) is 33.4 Å². The Kier molecular flexibility index (Phi) is 5.62. The van der Waals surface area contributed by atoms with E-state index in [0.29, 0.717) is 23.7 Å². The third-order valence-electron chi connectivity index (χ3n) is 3.93. The van der Waals surface area contributed by atoms with Crippen molar-refractivity contribution in [3.05, 3.63) is 23.8 Å². The first kappa shape index (κ1) is 15.8. The third-order valence-corrected chi connectivity index (χ3v) is 3.93. The maximum Gasteiger partial charge on any atom is 0.161 e. The number of carbonyl (C=O) groups excluding carboxylic acids is 1. The lowest BCUT2D eigenvalue weighted by atomic mass is 9.92. The number of rotatable bonds is 6. The molecule has 1 aliphatic rings. The van der Waals surface area contributed by atoms with Crippen LogP contribution in [0.1, 0.15) is 30.6 Å². The molecule has 2 atom stereocenters. The van der Waals surface area contributed by atoms with Crippen LogP contribution in [0.3, 0.4) is 0 Å². The van der Waals surface area contributed by atoms with Gasteiger partial charge in [0.2, 0.25) is 0 Å². The summed E-state index contributed by atoms with van der Waals surface area (Å²) in [6.07, 6.45) is 2.13. The van der Waals surface area contributed by atoms with Crippen LogP contribution in [0, 0.1) is 11.8 Å². The first-order valence-corrected chi connectivity index (χ1v) is 7.60. The van der Waals surface area contributed by atoms with Crippen LogP contribution >= 0.6 is 0 Å². The number of hydrogen-bond donors (Lipinski definition) is 0. The van der Waals surface area contributed by atoms with Crippen molar-refractivity contribution in [2.45, 2.75) is 20.3 Å². The summed E-state index contributed by atoms with van der Waals surface area (Å²) in [6, 6.07) is 5.24. The maximum absolute atomic E-state index is 10.8. The minimum absolute atomic E-state index is 0.595. The number of ether oxygens (including phenoxy) is 2. The lowest BCUT2D eigenvalue weighted by molar-refractivity contribution is 0.112. The fourth-order valence-electron chi connectivity index (χ4n) is 3.14. The lowest BCUT2D eigenvalue weighted by Gasteiger charge is -2.34. The monoisotopic (exact) mass is 291 g/mol. The average molecular weight is 291 g/mol. The van der Waals surface area contributed by atoms with Gasteiger partial charge >= 0.3 is 0 Å². The van der Waals surface area contributed by atoms with E-state index in [1.54, 1.807) is 25.3 Å². The summed E-state index contributed by atoms with van der Waals surface area (Å²) in [6.45, 7) is 8.47. The van der Waals surface area contributed by atoms with Crippen LogP contribution in [0.15, 0.2) is 18.2 Å². The Bertz CT molecular complexity index is 465. The summed E-state index contributed by atoms with van der Waals surface area (Å²) in [5, 5.41) is 0. The van der Waals surface area contributed by atoms with Crippen molar-refractivity contribution < 1.29 is 14.3 Å². The number of benzene rings is 1. The van der Waals surface area contributed by atoms with Crippen molar-refractivity contribution in [2.24, 2.45) is 11.8 Å². The molecule has 0 radical (unpaired) electrons. The molecule has 0 N–H and O–H groups in total. The van der Waals surface area contributed by atoms with E-state index in [0.717, 1.165) is 37.8 Å². The van der Waals surface area contributed by atoms with E-state index in [9.17, 15) is 4.79 Å². The number of hydrogen-bond acceptors (Lipinski definition) is 4. The molecule has 4 nitrogen and oxygen atoms in total. The van der Waals surface area contributed by atoms with Gasteiger partial charge in [-0.3, -0.25) is 9.69 Å². The Morgan fingerprint density at radius 2 is 1.95 bits per heavy atom. The van der Waals surface area contributed by atoms with Crippen LogP contribution in [0.5, 0.6) is 11.5 Å². The average Bonchev–Trinajstić information content (AvgIpc) is 2.46. The van der Waals surface area contributed by atoms with Crippen LogP contribution in [0.25, 0.3) is 0 Å². The van der Waals surface area contributed by atoms with Crippen molar-refractivity contribution >= 4 is 6.29 Å². The van der Waals surface area contributed by atoms with Gasteiger partial charge in [-0.15, -0.1) is 0 Å². The molecular formula is C17H25NO3. The van der Waals surface area contributed by atoms with Crippen molar-refractivity contribution in [3.8, 4) is 11.5 Å². The van der Waals surface area contributed by atoms with Crippen molar-refractivity contribution in [1.29, 1.82) is 0 Å². The molecular weight excluding hydrogens is 266 g/mol. The molecule has 1 aliphatic heterocycles. The fraction of sp³-hybridized carbons (Fsp3) is 0.588. The largest absolute Gasteiger partial charge is 0.493 e. The molecule has 116 valence electrons. The molecule has 0 amide bonds. The second kappa shape index (κ2) is 7.46. The van der Waals surface area contributed by atoms with E-state index in [1.807, 2.05) is 0 Å². The molecule has 21 heavy (non-hydrogen) atoms. The SMILES string of the molecule is COc1cc(C=O)ccc1OCCN1C[C@H](C)C[C@@H](C)C1. The predicted octanol–water partition coefficient (Wildman–Crippen LogP) is 2.86. The van der Waals surface area contributed by atoms with Gasteiger partial charge < -0.3 is 9.47 Å². The lowest BCUT2D eigenvalue weighted by Crippen LogP contribution is -2.40. The van der Waals surface area contributed by atoms with Crippen LogP contribution in [-0.4, -0.2) is 44.5 Å². The normalized spacial score (nSPS) is 22.8. The Balaban J connectivity index is 1.87. The summed E-state index contributed by atoms with van der Waals surface area (Å²) < 4.78 is 11.1. The first-order valence-electron chi connectivity index (χ1n) is 7.60. The highest BCUT2D eigenvalue weighted by Crippen LogP contribution is 2.27. The van der Waals surface area contributed by atoms with Gasteiger partial charge in [-0.05, 0) is 36.5 Å². The standard InChI is InChI=1S/C17H25NO3/c1-13-8-14(2)11-18(10-13)6-7-21-16-5-4-15(12-19)9-17(16)20-3/h4-5,9,12-14H,6-8,10-11H2,1-3H3/t13-,14-/m1/s1. The number of aldehydes is 1. The van der Waals surface area contributed by atoms with Crippen LogP contribution < -0.4 is 9.47 Å². The van der Waals surface area contributed by atoms with E-state index < -0.39 is 0 Å². The van der Waals surface area contributed by atoms with Crippen molar-refractivity contribution in [1.82, 2.24) is 4.90 Å². The Labute approximate surface area is 127 Å². The zero-order chi connectivity index (χ0) is 15.2. The molecule has 1 aromatic carbocycles. The number of carbonyl (C=O) groups is 1. The molecule has 0 aromatic heterocycles. The second-order valence-corrected chi connectivity index (χ2v) is 6.08. The Morgan fingerprint density at radius 3 is 2.57 bits per heavy atom. The Morgan fingerprint density at radius 1 is 1.24 bits per heavy atom. The summed E-state index contributed by atoms with van der Waals surface area (Å²) in [5.74, 6) is 2.83. The van der Waals surface area contributed by atoms with Crippen molar-refractivity contribution in [3.63, 3.8) is 0 Å². The van der Waals surface area contributed by atoms with Gasteiger partial charge in [-0.1, -0.05) is 13.8 Å². The summed E-state index contributed by atoms with van der Waals surface area (Å²) in [5.41, 5.74) is 0.595. The highest BCUT2D eigenvalue weighted by Gasteiger charge is 2.21. The molecule has 0 saturated carbocycles. The molecule has 1 aromatic rings. The van der Waals surface area contributed by atoms with Crippen LogP contribution in [0.2, 0.25) is 0 Å². The van der Waals surface area contributed by atoms with Gasteiger partial charge in [0.05, 0.1) is 7.11 Å². The zero-order valence-electron chi connectivity index (χ0n) is 13.2. The number of nitrogens with zero attached hydrogens (tertiary/aromatic N) is 1. The highest BCUT2D eigenvalue weighted by atomic mass is 16.5. The van der Waals surface area contributed by atoms with E-state index in [4.69, 9.17) is 9.47 Å². The smallest absolute Gasteiger partial charge is 0.161 e. The fourth-order valence-corrected chi connectivity index (χ4v) is 3.14. The van der Waals surface area contributed by atoms with E-state index in [1.165, 1.54) is 6.42 Å². The van der Waals surface area contributed by atoms with Gasteiger partial charge in [-0.2, -0.15) is 0 Å². The van der Waals surface area contributed by atoms with Crippen LogP contribution in [-0.2, 0) is 0 Å². The molecule has 0 aliphatic carbocycles. The molecule has 0 spiro atoms. The molecule has 1 saturated heterocycles. The zero-order valence-corrected chi connectivity index (χ0v) is 13.2. The van der Waals surface area contributed by atoms with E-state index in [-0.39, 0.29) is 0 Å². The summed E-state index contributed by atoms with van der Waals surface area (Å²) >= 11 is 0. The number of piperidine rings is 1. The van der Waals surface area contributed by atoms with E-state index in [2.05, 4.69) is 18.7 Å². The molecule has 4 heteroatoms. The van der Waals surface area contributed by atoms with Gasteiger partial charge in [-0.25, -0.2) is 0 Å². The minimum atomic E-state index is 0.595. The predicted molar refractivity (Wildman–Crippen MR) is 83.3 cm³/mol. The molecule has 0 bridgehead atoms. The van der Waals surface area contributed by atoms with E-state index >= 15 is 0 Å². The first-order chi connectivity index (χ1) is 10.1. The van der Waals surface area contributed by atoms with Gasteiger partial charge in [0.25, 0.3) is 0 Å². The number of likely N-dealkylation sites (tertiary alicyclic amines) is 1. The molecule has 1 fully saturated rings. The quantitative estimate of drug-likeness (QED) is 0.756. The topological polar surface area (TPSA) is 38.8 Å². The van der Waals surface area contributed by atoms with Crippen LogP contribution in [0.4, 0.5) is 0 Å². The highest BCUT2D eigenvalue weighted by molar-refractivity contribution is 5.76. The summed E-state index contributed by atoms with van der Waals surface area (Å²) in [7, 11) is 1.59. The molecule has 2 rings (SSSR count). The molecule has 1 heterocycles. The third kappa shape index (κ3) is 4.46. The van der Waals surface area contributed by atoms with Gasteiger partial charge in [0.15, 0.2) is 11.5 Å². The Hall–Kier alpha value is -1.55. The minimum Gasteiger partial charge on any atom is -0.493 e. The number of methoxy groups -OCH3 is 1. The second-order valence-electron chi connectivity index (χ2n) is 6.08. The molecule has 0 unspecified atom stereocenters. The van der Waals surface area contributed by atoms with Gasteiger partial charge in [0.1, 0.15) is 12.9 Å².